The van der Waals surface area contributed by atoms with Crippen molar-refractivity contribution < 1.29 is 19.0 Å². The number of carbonyl (C=O) groups excluding carboxylic acids is 1. The standard InChI is InChI=1S/C38H34O4/c1-3-40-37(38(39)41-4-2)29-32-21-23-36(24-22-32)42-25-11-16-33-26-34(19-17-30-12-7-5-8-13-30)28-35(27-33)20-18-31-14-9-6-10-15-31/h5-16,21-24,26-28,37H,3-4,25,29H2,1-2H3/b16-11+. The number of carbonyl (C=O) groups is 1. The summed E-state index contributed by atoms with van der Waals surface area (Å²) in [6.45, 7) is 4.83. The molecule has 0 aliphatic heterocycles. The Morgan fingerprint density at radius 1 is 0.714 bits per heavy atom. The summed E-state index contributed by atoms with van der Waals surface area (Å²) in [6, 6.07) is 33.7. The summed E-state index contributed by atoms with van der Waals surface area (Å²) in [5.41, 5.74) is 5.67. The van der Waals surface area contributed by atoms with E-state index in [1.165, 1.54) is 0 Å². The van der Waals surface area contributed by atoms with Crippen LogP contribution in [0.1, 0.15) is 47.2 Å². The molecule has 4 heteroatoms. The summed E-state index contributed by atoms with van der Waals surface area (Å²) < 4.78 is 16.6. The van der Waals surface area contributed by atoms with Crippen LogP contribution in [0.5, 0.6) is 5.75 Å². The molecule has 0 spiro atoms. The second-order valence-electron chi connectivity index (χ2n) is 9.33. The average Bonchev–Trinajstić information content (AvgIpc) is 3.03. The van der Waals surface area contributed by atoms with Crippen LogP contribution in [0.2, 0.25) is 0 Å². The van der Waals surface area contributed by atoms with Gasteiger partial charge in [-0.25, -0.2) is 4.79 Å². The van der Waals surface area contributed by atoms with E-state index >= 15 is 0 Å². The third kappa shape index (κ3) is 9.86. The van der Waals surface area contributed by atoms with Gasteiger partial charge < -0.3 is 14.2 Å². The Labute approximate surface area is 249 Å². The summed E-state index contributed by atoms with van der Waals surface area (Å²) in [6.07, 6.45) is 3.83. The lowest BCUT2D eigenvalue weighted by molar-refractivity contribution is -0.156. The smallest absolute Gasteiger partial charge is 0.335 e. The van der Waals surface area contributed by atoms with Crippen molar-refractivity contribution in [2.45, 2.75) is 26.4 Å². The van der Waals surface area contributed by atoms with Crippen LogP contribution in [0, 0.1) is 23.7 Å². The molecule has 4 aromatic rings. The van der Waals surface area contributed by atoms with Gasteiger partial charge in [-0.15, -0.1) is 0 Å². The molecule has 0 amide bonds. The second kappa shape index (κ2) is 16.3. The van der Waals surface area contributed by atoms with Crippen molar-refractivity contribution in [3.05, 3.63) is 143 Å². The number of hydrogen-bond acceptors (Lipinski definition) is 4. The van der Waals surface area contributed by atoms with Gasteiger partial charge in [-0.3, -0.25) is 0 Å². The van der Waals surface area contributed by atoms with Gasteiger partial charge in [0.1, 0.15) is 12.4 Å². The van der Waals surface area contributed by atoms with Crippen molar-refractivity contribution in [2.24, 2.45) is 0 Å². The highest BCUT2D eigenvalue weighted by atomic mass is 16.6. The third-order valence-electron chi connectivity index (χ3n) is 6.12. The number of rotatable bonds is 10. The molecule has 0 N–H and O–H groups in total. The molecule has 0 aliphatic carbocycles. The van der Waals surface area contributed by atoms with Crippen LogP contribution in [0.15, 0.2) is 109 Å². The van der Waals surface area contributed by atoms with Gasteiger partial charge in [0.25, 0.3) is 0 Å². The highest BCUT2D eigenvalue weighted by Crippen LogP contribution is 2.16. The van der Waals surface area contributed by atoms with Crippen LogP contribution >= 0.6 is 0 Å². The second-order valence-corrected chi connectivity index (χ2v) is 9.33. The fourth-order valence-corrected chi connectivity index (χ4v) is 4.13. The number of esters is 1. The molecule has 4 aromatic carbocycles. The molecular formula is C38H34O4. The van der Waals surface area contributed by atoms with E-state index in [1.54, 1.807) is 6.92 Å². The lowest BCUT2D eigenvalue weighted by atomic mass is 10.0. The summed E-state index contributed by atoms with van der Waals surface area (Å²) in [7, 11) is 0. The Hall–Kier alpha value is -5.03. The minimum absolute atomic E-state index is 0.330. The average molecular weight is 555 g/mol. The highest BCUT2D eigenvalue weighted by molar-refractivity contribution is 5.75. The molecule has 0 aliphatic rings. The fraction of sp³-hybridized carbons (Fsp3) is 0.184. The van der Waals surface area contributed by atoms with Gasteiger partial charge in [-0.05, 0) is 85.6 Å². The Balaban J connectivity index is 1.43. The van der Waals surface area contributed by atoms with E-state index in [1.807, 2.05) is 122 Å². The molecule has 1 unspecified atom stereocenters. The van der Waals surface area contributed by atoms with Crippen molar-refractivity contribution in [3.8, 4) is 29.4 Å². The molecule has 1 atom stereocenters. The predicted octanol–water partition coefficient (Wildman–Crippen LogP) is 7.09. The van der Waals surface area contributed by atoms with Crippen LogP contribution in [0.25, 0.3) is 6.08 Å². The minimum Gasteiger partial charge on any atom is -0.490 e. The Kier molecular flexibility index (Phi) is 11.6. The fourth-order valence-electron chi connectivity index (χ4n) is 4.13. The number of benzene rings is 4. The first kappa shape index (κ1) is 29.9. The lowest BCUT2D eigenvalue weighted by Gasteiger charge is -2.15. The molecule has 0 saturated carbocycles. The van der Waals surface area contributed by atoms with Crippen molar-refractivity contribution in [3.63, 3.8) is 0 Å². The topological polar surface area (TPSA) is 44.8 Å². The number of ether oxygens (including phenoxy) is 3. The Morgan fingerprint density at radius 3 is 1.83 bits per heavy atom. The lowest BCUT2D eigenvalue weighted by Crippen LogP contribution is -2.28. The van der Waals surface area contributed by atoms with Gasteiger partial charge >= 0.3 is 5.97 Å². The Bertz CT molecular complexity index is 1510. The van der Waals surface area contributed by atoms with E-state index in [-0.39, 0.29) is 5.97 Å². The summed E-state index contributed by atoms with van der Waals surface area (Å²) in [5, 5.41) is 0. The zero-order valence-corrected chi connectivity index (χ0v) is 24.0. The zero-order chi connectivity index (χ0) is 29.4. The molecule has 4 rings (SSSR count). The van der Waals surface area contributed by atoms with Crippen LogP contribution in [-0.2, 0) is 20.7 Å². The van der Waals surface area contributed by atoms with Crippen molar-refractivity contribution in [1.29, 1.82) is 0 Å². The first-order valence-electron chi connectivity index (χ1n) is 14.1. The maximum absolute atomic E-state index is 12.1. The van der Waals surface area contributed by atoms with E-state index in [9.17, 15) is 4.79 Å². The van der Waals surface area contributed by atoms with E-state index in [4.69, 9.17) is 14.2 Å². The maximum Gasteiger partial charge on any atom is 0.335 e. The molecule has 210 valence electrons. The van der Waals surface area contributed by atoms with Crippen molar-refractivity contribution in [1.82, 2.24) is 0 Å². The third-order valence-corrected chi connectivity index (χ3v) is 6.12. The molecule has 0 fully saturated rings. The van der Waals surface area contributed by atoms with Crippen LogP contribution in [0.4, 0.5) is 0 Å². The maximum atomic E-state index is 12.1. The molecule has 0 radical (unpaired) electrons. The molecule has 0 aromatic heterocycles. The minimum atomic E-state index is -0.611. The largest absolute Gasteiger partial charge is 0.490 e. The van der Waals surface area contributed by atoms with Crippen LogP contribution in [0.3, 0.4) is 0 Å². The first-order valence-corrected chi connectivity index (χ1v) is 14.1. The number of hydrogen-bond donors (Lipinski definition) is 0. The molecule has 42 heavy (non-hydrogen) atoms. The molecule has 0 saturated heterocycles. The van der Waals surface area contributed by atoms with Crippen molar-refractivity contribution >= 4 is 12.0 Å². The Morgan fingerprint density at radius 2 is 1.29 bits per heavy atom. The van der Waals surface area contributed by atoms with Gasteiger partial charge in [0, 0.05) is 35.3 Å². The molecule has 0 heterocycles. The normalized spacial score (nSPS) is 11.1. The summed E-state index contributed by atoms with van der Waals surface area (Å²) in [4.78, 5) is 12.1. The van der Waals surface area contributed by atoms with Crippen LogP contribution in [-0.4, -0.2) is 31.9 Å². The van der Waals surface area contributed by atoms with Gasteiger partial charge in [0.15, 0.2) is 6.10 Å². The molecular weight excluding hydrogens is 520 g/mol. The predicted molar refractivity (Wildman–Crippen MR) is 168 cm³/mol. The molecule has 4 nitrogen and oxygen atoms in total. The quantitative estimate of drug-likeness (QED) is 0.155. The van der Waals surface area contributed by atoms with E-state index in [2.05, 4.69) is 23.7 Å². The van der Waals surface area contributed by atoms with Gasteiger partial charge in [0.2, 0.25) is 0 Å². The van der Waals surface area contributed by atoms with E-state index in [0.29, 0.717) is 26.2 Å². The van der Waals surface area contributed by atoms with Crippen LogP contribution < -0.4 is 4.74 Å². The summed E-state index contributed by atoms with van der Waals surface area (Å²) in [5.74, 6) is 13.4. The monoisotopic (exact) mass is 554 g/mol. The van der Waals surface area contributed by atoms with Gasteiger partial charge in [0.05, 0.1) is 6.61 Å². The summed E-state index contributed by atoms with van der Waals surface area (Å²) >= 11 is 0. The van der Waals surface area contributed by atoms with E-state index < -0.39 is 6.10 Å². The van der Waals surface area contributed by atoms with E-state index in [0.717, 1.165) is 39.1 Å². The van der Waals surface area contributed by atoms with Gasteiger partial charge in [-0.1, -0.05) is 78.3 Å². The first-order chi connectivity index (χ1) is 20.6. The zero-order valence-electron chi connectivity index (χ0n) is 24.0. The molecule has 0 bridgehead atoms. The highest BCUT2D eigenvalue weighted by Gasteiger charge is 2.20. The van der Waals surface area contributed by atoms with Gasteiger partial charge in [-0.2, -0.15) is 0 Å². The SMILES string of the molecule is CCOC(=O)C(Cc1ccc(OC/C=C/c2cc(C#Cc3ccccc3)cc(C#Cc3ccccc3)c2)cc1)OCC. The van der Waals surface area contributed by atoms with Crippen molar-refractivity contribution in [2.75, 3.05) is 19.8 Å².